The van der Waals surface area contributed by atoms with Crippen LogP contribution < -0.4 is 4.72 Å². The van der Waals surface area contributed by atoms with Gasteiger partial charge in [0.1, 0.15) is 0 Å². The van der Waals surface area contributed by atoms with Crippen LogP contribution in [0.15, 0.2) is 47.4 Å². The first-order chi connectivity index (χ1) is 11.3. The van der Waals surface area contributed by atoms with E-state index < -0.39 is 27.5 Å². The first-order valence-corrected chi connectivity index (χ1v) is 9.17. The van der Waals surface area contributed by atoms with Crippen LogP contribution in [-0.2, 0) is 21.6 Å². The van der Waals surface area contributed by atoms with E-state index in [2.05, 4.69) is 0 Å². The molecule has 0 saturated heterocycles. The second kappa shape index (κ2) is 6.53. The molecule has 0 aliphatic carbocycles. The summed E-state index contributed by atoms with van der Waals surface area (Å²) >= 11 is 5.59. The molecule has 0 amide bonds. The maximum Gasteiger partial charge on any atom is 0.418 e. The minimum atomic E-state index is -4.74. The van der Waals surface area contributed by atoms with Gasteiger partial charge in [-0.15, -0.1) is 0 Å². The van der Waals surface area contributed by atoms with Crippen molar-refractivity contribution >= 4 is 27.3 Å². The van der Waals surface area contributed by atoms with Gasteiger partial charge < -0.3 is 0 Å². The van der Waals surface area contributed by atoms with Gasteiger partial charge in [0.15, 0.2) is 0 Å². The minimum Gasteiger partial charge on any atom is -0.279 e. The second-order valence-electron chi connectivity index (χ2n) is 6.57. The lowest BCUT2D eigenvalue weighted by Crippen LogP contribution is -2.18. The summed E-state index contributed by atoms with van der Waals surface area (Å²) in [4.78, 5) is -0.122. The van der Waals surface area contributed by atoms with E-state index in [1.54, 1.807) is 12.1 Å². The van der Waals surface area contributed by atoms with Crippen molar-refractivity contribution in [2.45, 2.75) is 37.3 Å². The Morgan fingerprint density at radius 3 is 2.00 bits per heavy atom. The van der Waals surface area contributed by atoms with Gasteiger partial charge in [-0.1, -0.05) is 44.5 Å². The maximum absolute atomic E-state index is 13.1. The van der Waals surface area contributed by atoms with Crippen LogP contribution in [0.4, 0.5) is 18.9 Å². The molecule has 0 aliphatic rings. The van der Waals surface area contributed by atoms with E-state index in [-0.39, 0.29) is 15.3 Å². The van der Waals surface area contributed by atoms with Gasteiger partial charge in [0.05, 0.1) is 16.1 Å². The number of alkyl halides is 3. The fourth-order valence-corrected chi connectivity index (χ4v) is 3.43. The van der Waals surface area contributed by atoms with Gasteiger partial charge in [-0.05, 0) is 41.3 Å². The molecule has 2 rings (SSSR count). The van der Waals surface area contributed by atoms with Gasteiger partial charge in [0.25, 0.3) is 10.0 Å². The third-order valence-corrected chi connectivity index (χ3v) is 5.18. The number of hydrogen-bond acceptors (Lipinski definition) is 2. The molecule has 0 radical (unpaired) electrons. The Morgan fingerprint density at radius 1 is 0.960 bits per heavy atom. The SMILES string of the molecule is CC(C)(C)c1ccc(S(=O)(=O)Nc2ccc(Cl)cc2C(F)(F)F)cc1. The first-order valence-electron chi connectivity index (χ1n) is 7.31. The molecule has 0 bridgehead atoms. The van der Waals surface area contributed by atoms with Crippen LogP contribution in [0.3, 0.4) is 0 Å². The molecule has 8 heteroatoms. The quantitative estimate of drug-likeness (QED) is 0.755. The van der Waals surface area contributed by atoms with Gasteiger partial charge in [0, 0.05) is 5.02 Å². The van der Waals surface area contributed by atoms with E-state index in [9.17, 15) is 21.6 Å². The zero-order chi connectivity index (χ0) is 19.0. The van der Waals surface area contributed by atoms with Gasteiger partial charge >= 0.3 is 6.18 Å². The smallest absolute Gasteiger partial charge is 0.279 e. The lowest BCUT2D eigenvalue weighted by molar-refractivity contribution is -0.136. The van der Waals surface area contributed by atoms with E-state index in [0.717, 1.165) is 11.6 Å². The lowest BCUT2D eigenvalue weighted by Gasteiger charge is -2.19. The Labute approximate surface area is 149 Å². The summed E-state index contributed by atoms with van der Waals surface area (Å²) in [5.41, 5.74) is -0.976. The van der Waals surface area contributed by atoms with Gasteiger partial charge in [-0.3, -0.25) is 4.72 Å². The van der Waals surface area contributed by atoms with Crippen molar-refractivity contribution in [1.82, 2.24) is 0 Å². The Morgan fingerprint density at radius 2 is 1.52 bits per heavy atom. The van der Waals surface area contributed by atoms with Crippen molar-refractivity contribution in [2.24, 2.45) is 0 Å². The molecule has 2 aromatic rings. The van der Waals surface area contributed by atoms with E-state index >= 15 is 0 Å². The average molecular weight is 392 g/mol. The highest BCUT2D eigenvalue weighted by Gasteiger charge is 2.35. The molecule has 0 heterocycles. The summed E-state index contributed by atoms with van der Waals surface area (Å²) in [6, 6.07) is 8.88. The second-order valence-corrected chi connectivity index (χ2v) is 8.69. The molecule has 1 N–H and O–H groups in total. The summed E-state index contributed by atoms with van der Waals surface area (Å²) in [5, 5.41) is -0.134. The number of halogens is 4. The van der Waals surface area contributed by atoms with E-state index in [0.29, 0.717) is 6.07 Å². The molecule has 0 fully saturated rings. The van der Waals surface area contributed by atoms with Crippen molar-refractivity contribution in [3.05, 3.63) is 58.6 Å². The molecule has 0 aliphatic heterocycles. The molecule has 136 valence electrons. The molecule has 2 aromatic carbocycles. The maximum atomic E-state index is 13.1. The van der Waals surface area contributed by atoms with E-state index in [1.165, 1.54) is 18.2 Å². The Balaban J connectivity index is 2.40. The highest BCUT2D eigenvalue weighted by atomic mass is 35.5. The Kier molecular flexibility index (Phi) is 5.12. The van der Waals surface area contributed by atoms with Gasteiger partial charge in [0.2, 0.25) is 0 Å². The van der Waals surface area contributed by atoms with Crippen molar-refractivity contribution in [3.63, 3.8) is 0 Å². The van der Waals surface area contributed by atoms with Crippen LogP contribution in [0.2, 0.25) is 5.02 Å². The first kappa shape index (κ1) is 19.6. The van der Waals surface area contributed by atoms with Crippen LogP contribution in [0.25, 0.3) is 0 Å². The summed E-state index contributed by atoms with van der Waals surface area (Å²) in [6.07, 6.45) is -4.74. The third kappa shape index (κ3) is 4.67. The highest BCUT2D eigenvalue weighted by molar-refractivity contribution is 7.92. The van der Waals surface area contributed by atoms with Crippen LogP contribution in [0.5, 0.6) is 0 Å². The van der Waals surface area contributed by atoms with E-state index in [1.807, 2.05) is 25.5 Å². The molecule has 25 heavy (non-hydrogen) atoms. The molecule has 0 aromatic heterocycles. The predicted molar refractivity (Wildman–Crippen MR) is 92.4 cm³/mol. The third-order valence-electron chi connectivity index (χ3n) is 3.56. The number of nitrogens with one attached hydrogen (secondary N) is 1. The summed E-state index contributed by atoms with van der Waals surface area (Å²) in [5.74, 6) is 0. The highest BCUT2D eigenvalue weighted by Crippen LogP contribution is 2.37. The largest absolute Gasteiger partial charge is 0.418 e. The van der Waals surface area contributed by atoms with Crippen LogP contribution in [0.1, 0.15) is 31.9 Å². The van der Waals surface area contributed by atoms with Crippen molar-refractivity contribution < 1.29 is 21.6 Å². The normalized spacial score (nSPS) is 12.9. The van der Waals surface area contributed by atoms with Gasteiger partial charge in [-0.25, -0.2) is 8.42 Å². The number of benzene rings is 2. The summed E-state index contributed by atoms with van der Waals surface area (Å²) < 4.78 is 66.1. The van der Waals surface area contributed by atoms with Crippen LogP contribution in [-0.4, -0.2) is 8.42 Å². The Bertz CT molecular complexity index is 870. The molecular weight excluding hydrogens is 375 g/mol. The predicted octanol–water partition coefficient (Wildman–Crippen LogP) is 5.46. The number of hydrogen-bond donors (Lipinski definition) is 1. The van der Waals surface area contributed by atoms with E-state index in [4.69, 9.17) is 11.6 Å². The average Bonchev–Trinajstić information content (AvgIpc) is 2.47. The molecule has 0 unspecified atom stereocenters. The summed E-state index contributed by atoms with van der Waals surface area (Å²) in [6.45, 7) is 5.91. The zero-order valence-electron chi connectivity index (χ0n) is 13.8. The van der Waals surface area contributed by atoms with Crippen molar-refractivity contribution in [2.75, 3.05) is 4.72 Å². The number of anilines is 1. The molecular formula is C17H17ClF3NO2S. The Hall–Kier alpha value is -1.73. The summed E-state index contributed by atoms with van der Waals surface area (Å²) in [7, 11) is -4.16. The fourth-order valence-electron chi connectivity index (χ4n) is 2.18. The van der Waals surface area contributed by atoms with Crippen LogP contribution in [0, 0.1) is 0 Å². The fraction of sp³-hybridized carbons (Fsp3) is 0.294. The minimum absolute atomic E-state index is 0.122. The number of rotatable bonds is 3. The van der Waals surface area contributed by atoms with Gasteiger partial charge in [-0.2, -0.15) is 13.2 Å². The van der Waals surface area contributed by atoms with Crippen molar-refractivity contribution in [1.29, 1.82) is 0 Å². The molecule has 0 atom stereocenters. The molecule has 3 nitrogen and oxygen atoms in total. The monoisotopic (exact) mass is 391 g/mol. The molecule has 0 spiro atoms. The molecule has 0 saturated carbocycles. The topological polar surface area (TPSA) is 46.2 Å². The lowest BCUT2D eigenvalue weighted by atomic mass is 9.87. The van der Waals surface area contributed by atoms with Crippen LogP contribution >= 0.6 is 11.6 Å². The van der Waals surface area contributed by atoms with Crippen molar-refractivity contribution in [3.8, 4) is 0 Å². The standard InChI is InChI=1S/C17H17ClF3NO2S/c1-16(2,3)11-4-7-13(8-5-11)25(23,24)22-15-9-6-12(18)10-14(15)17(19,20)21/h4-10,22H,1-3H3. The zero-order valence-corrected chi connectivity index (χ0v) is 15.4. The number of sulfonamides is 1.